The molecule has 0 unspecified atom stereocenters. The van der Waals surface area contributed by atoms with Crippen LogP contribution in [0.15, 0.2) is 47.0 Å². The maximum Gasteiger partial charge on any atom is 0.216 e. The highest BCUT2D eigenvalue weighted by Gasteiger charge is 2.23. The summed E-state index contributed by atoms with van der Waals surface area (Å²) in [5.41, 5.74) is 7.84. The average Bonchev–Trinajstić information content (AvgIpc) is 3.01. The molecule has 4 aromatic rings. The van der Waals surface area contributed by atoms with Gasteiger partial charge in [0, 0.05) is 28.5 Å². The molecular weight excluding hydrogens is 332 g/mol. The molecule has 2 aromatic heterocycles. The second-order valence-electron chi connectivity index (χ2n) is 7.54. The Hall–Kier alpha value is -3.12. The highest BCUT2D eigenvalue weighted by molar-refractivity contribution is 6.11. The van der Waals surface area contributed by atoms with Crippen LogP contribution in [0, 0.1) is 25.2 Å². The van der Waals surface area contributed by atoms with E-state index in [2.05, 4.69) is 55.7 Å². The first-order valence-corrected chi connectivity index (χ1v) is 9.28. The molecule has 4 rings (SSSR count). The number of fused-ring (bicyclic) bond motifs is 3. The fourth-order valence-electron chi connectivity index (χ4n) is 3.96. The van der Waals surface area contributed by atoms with Crippen molar-refractivity contribution in [3.05, 3.63) is 64.8 Å². The van der Waals surface area contributed by atoms with Crippen LogP contribution in [0.25, 0.3) is 33.2 Å². The number of hydrogen-bond donors (Lipinski definition) is 0. The smallest absolute Gasteiger partial charge is 0.216 e. The van der Waals surface area contributed by atoms with E-state index >= 15 is 0 Å². The van der Waals surface area contributed by atoms with Gasteiger partial charge in [0.15, 0.2) is 6.20 Å². The van der Waals surface area contributed by atoms with Crippen LogP contribution in [0.3, 0.4) is 0 Å². The zero-order chi connectivity index (χ0) is 19.3. The van der Waals surface area contributed by atoms with Gasteiger partial charge in [-0.2, -0.15) is 5.26 Å². The molecule has 0 aliphatic rings. The molecule has 134 valence electrons. The Bertz CT molecular complexity index is 1240. The number of aryl methyl sites for hydroxylation is 3. The lowest BCUT2D eigenvalue weighted by Gasteiger charge is -2.10. The van der Waals surface area contributed by atoms with Crippen molar-refractivity contribution in [1.82, 2.24) is 0 Å². The summed E-state index contributed by atoms with van der Waals surface area (Å²) in [7, 11) is 2.05. The van der Waals surface area contributed by atoms with Gasteiger partial charge in [-0.25, -0.2) is 4.57 Å². The summed E-state index contributed by atoms with van der Waals surface area (Å²) in [6, 6.07) is 15.0. The van der Waals surface area contributed by atoms with Crippen LogP contribution >= 0.6 is 0 Å². The van der Waals surface area contributed by atoms with Crippen molar-refractivity contribution in [2.24, 2.45) is 7.05 Å². The van der Waals surface area contributed by atoms with Gasteiger partial charge in [-0.15, -0.1) is 0 Å². The molecule has 0 spiro atoms. The number of benzene rings is 2. The number of nitriles is 1. The minimum absolute atomic E-state index is 0.282. The number of pyridine rings is 1. The normalized spacial score (nSPS) is 11.4. The van der Waals surface area contributed by atoms with Crippen LogP contribution in [0.4, 0.5) is 0 Å². The number of aromatic nitrogens is 1. The van der Waals surface area contributed by atoms with Gasteiger partial charge in [-0.05, 0) is 43.0 Å². The van der Waals surface area contributed by atoms with Gasteiger partial charge in [-0.1, -0.05) is 26.0 Å². The summed E-state index contributed by atoms with van der Waals surface area (Å²) in [6.07, 6.45) is 2.05. The highest BCUT2D eigenvalue weighted by Crippen LogP contribution is 2.40. The summed E-state index contributed by atoms with van der Waals surface area (Å²) in [5, 5.41) is 11.9. The van der Waals surface area contributed by atoms with Gasteiger partial charge in [0.25, 0.3) is 0 Å². The molecule has 0 amide bonds. The highest BCUT2D eigenvalue weighted by atomic mass is 16.3. The number of hydrogen-bond acceptors (Lipinski definition) is 2. The van der Waals surface area contributed by atoms with Crippen LogP contribution in [0.2, 0.25) is 0 Å². The third-order valence-corrected chi connectivity index (χ3v) is 5.45. The first-order chi connectivity index (χ1) is 12.9. The van der Waals surface area contributed by atoms with Crippen LogP contribution in [-0.4, -0.2) is 0 Å². The van der Waals surface area contributed by atoms with Gasteiger partial charge in [0.2, 0.25) is 5.69 Å². The zero-order valence-corrected chi connectivity index (χ0v) is 16.4. The van der Waals surface area contributed by atoms with Crippen LogP contribution in [-0.2, 0) is 7.05 Å². The molecule has 0 aliphatic heterocycles. The van der Waals surface area contributed by atoms with Crippen molar-refractivity contribution in [3.63, 3.8) is 0 Å². The number of nitrogens with zero attached hydrogens (tertiary/aromatic N) is 2. The number of rotatable bonds is 2. The summed E-state index contributed by atoms with van der Waals surface area (Å²) in [5.74, 6) is 0.282. The average molecular weight is 355 g/mol. The fraction of sp³-hybridized carbons (Fsp3) is 0.250. The molecule has 2 heterocycles. The summed E-state index contributed by atoms with van der Waals surface area (Å²) in [4.78, 5) is 0. The van der Waals surface area contributed by atoms with E-state index in [1.165, 1.54) is 5.56 Å². The Labute approximate surface area is 159 Å². The van der Waals surface area contributed by atoms with Crippen molar-refractivity contribution in [2.75, 3.05) is 0 Å². The molecule has 0 fully saturated rings. The summed E-state index contributed by atoms with van der Waals surface area (Å²) < 4.78 is 8.53. The third kappa shape index (κ3) is 2.52. The van der Waals surface area contributed by atoms with E-state index in [0.29, 0.717) is 0 Å². The van der Waals surface area contributed by atoms with E-state index in [4.69, 9.17) is 4.42 Å². The molecule has 3 heteroatoms. The molecule has 0 radical (unpaired) electrons. The molecule has 0 saturated carbocycles. The molecule has 2 aromatic carbocycles. The van der Waals surface area contributed by atoms with E-state index in [0.717, 1.165) is 49.9 Å². The van der Waals surface area contributed by atoms with Crippen LogP contribution in [0.5, 0.6) is 0 Å². The quantitative estimate of drug-likeness (QED) is 0.433. The van der Waals surface area contributed by atoms with Crippen molar-refractivity contribution in [2.45, 2.75) is 33.6 Å². The Morgan fingerprint density at radius 2 is 1.81 bits per heavy atom. The minimum atomic E-state index is 0.282. The zero-order valence-electron chi connectivity index (χ0n) is 16.4. The third-order valence-electron chi connectivity index (χ3n) is 5.45. The Balaban J connectivity index is 2.18. The second kappa shape index (κ2) is 6.25. The van der Waals surface area contributed by atoms with Gasteiger partial charge in [0.1, 0.15) is 18.2 Å². The Morgan fingerprint density at radius 1 is 1.04 bits per heavy atom. The van der Waals surface area contributed by atoms with E-state index in [-0.39, 0.29) is 5.92 Å². The van der Waals surface area contributed by atoms with E-state index in [9.17, 15) is 5.26 Å². The monoisotopic (exact) mass is 355 g/mol. The molecule has 0 bridgehead atoms. The summed E-state index contributed by atoms with van der Waals surface area (Å²) >= 11 is 0. The predicted octanol–water partition coefficient (Wildman–Crippen LogP) is 5.69. The largest absolute Gasteiger partial charge is 0.455 e. The van der Waals surface area contributed by atoms with Gasteiger partial charge < -0.3 is 4.42 Å². The Morgan fingerprint density at radius 3 is 2.48 bits per heavy atom. The number of furan rings is 1. The van der Waals surface area contributed by atoms with Crippen molar-refractivity contribution >= 4 is 21.9 Å². The lowest BCUT2D eigenvalue weighted by molar-refractivity contribution is -0.660. The first-order valence-electron chi connectivity index (χ1n) is 9.28. The van der Waals surface area contributed by atoms with E-state index in [1.54, 1.807) is 0 Å². The Kier molecular flexibility index (Phi) is 4.00. The lowest BCUT2D eigenvalue weighted by Crippen LogP contribution is -2.30. The molecule has 0 aliphatic carbocycles. The van der Waals surface area contributed by atoms with Crippen molar-refractivity contribution in [1.29, 1.82) is 5.26 Å². The van der Waals surface area contributed by atoms with E-state index < -0.39 is 0 Å². The lowest BCUT2D eigenvalue weighted by atomic mass is 9.91. The molecule has 27 heavy (non-hydrogen) atoms. The van der Waals surface area contributed by atoms with Gasteiger partial charge >= 0.3 is 0 Å². The predicted molar refractivity (Wildman–Crippen MR) is 109 cm³/mol. The molecule has 3 nitrogen and oxygen atoms in total. The maximum atomic E-state index is 9.70. The first kappa shape index (κ1) is 17.3. The van der Waals surface area contributed by atoms with Crippen LogP contribution < -0.4 is 4.57 Å². The molecule has 0 atom stereocenters. The molecule has 0 N–H and O–H groups in total. The van der Waals surface area contributed by atoms with Crippen molar-refractivity contribution in [3.8, 4) is 17.3 Å². The molecule has 0 saturated heterocycles. The summed E-state index contributed by atoms with van der Waals surface area (Å²) in [6.45, 7) is 8.36. The minimum Gasteiger partial charge on any atom is -0.455 e. The SMILES string of the molecule is Cc1ccc2c(oc3c(C)c(C#N)c(C(C)C)cc32)c1-c1cccc[n+]1C. The van der Waals surface area contributed by atoms with E-state index in [1.807, 2.05) is 32.3 Å². The van der Waals surface area contributed by atoms with Crippen molar-refractivity contribution < 1.29 is 8.98 Å². The van der Waals surface area contributed by atoms with Crippen LogP contribution in [0.1, 0.15) is 42.0 Å². The standard InChI is InChI=1S/C24H23N2O/c1-14(2)18-12-19-17-10-9-15(3)22(21-8-6-7-11-26(21)5)24(17)27-23(19)16(4)20(18)13-25/h6-12,14H,1-5H3/q+1. The fourth-order valence-corrected chi connectivity index (χ4v) is 3.96. The maximum absolute atomic E-state index is 9.70. The van der Waals surface area contributed by atoms with Gasteiger partial charge in [-0.3, -0.25) is 0 Å². The topological polar surface area (TPSA) is 40.8 Å². The molecular formula is C24H23N2O+. The van der Waals surface area contributed by atoms with Gasteiger partial charge in [0.05, 0.1) is 17.2 Å². The second-order valence-corrected chi connectivity index (χ2v) is 7.54.